The number of benzene rings is 2. The first-order chi connectivity index (χ1) is 12.6. The van der Waals surface area contributed by atoms with Crippen LogP contribution in [0, 0.1) is 0 Å². The summed E-state index contributed by atoms with van der Waals surface area (Å²) in [6.45, 7) is 0. The number of hydrogen-bond donors (Lipinski definition) is 0. The van der Waals surface area contributed by atoms with E-state index in [1.54, 1.807) is 26.4 Å². The van der Waals surface area contributed by atoms with Crippen molar-refractivity contribution < 1.29 is 14.3 Å². The number of ether oxygens (including phenoxy) is 2. The molecule has 0 saturated carbocycles. The first-order valence-corrected chi connectivity index (χ1v) is 8.92. The van der Waals surface area contributed by atoms with Crippen LogP contribution in [0.5, 0.6) is 11.5 Å². The maximum absolute atomic E-state index is 12.3. The number of halogens is 2. The van der Waals surface area contributed by atoms with E-state index in [2.05, 4.69) is 5.10 Å². The zero-order valence-corrected chi connectivity index (χ0v) is 15.9. The van der Waals surface area contributed by atoms with Crippen molar-refractivity contribution in [3.63, 3.8) is 0 Å². The molecule has 1 aliphatic rings. The number of hydrogen-bond acceptors (Lipinski definition) is 4. The van der Waals surface area contributed by atoms with E-state index in [1.807, 2.05) is 30.3 Å². The van der Waals surface area contributed by atoms with Crippen LogP contribution in [0.4, 0.5) is 0 Å². The lowest BCUT2D eigenvalue weighted by Gasteiger charge is -2.22. The minimum absolute atomic E-state index is 0.138. The molecular formula is C19H18Cl2N2O3. The Morgan fingerprint density at radius 1 is 1.15 bits per heavy atom. The molecule has 1 unspecified atom stereocenters. The average molecular weight is 393 g/mol. The fourth-order valence-corrected chi connectivity index (χ4v) is 3.19. The van der Waals surface area contributed by atoms with Crippen LogP contribution in [-0.4, -0.2) is 36.7 Å². The van der Waals surface area contributed by atoms with Crippen molar-refractivity contribution in [1.82, 2.24) is 5.01 Å². The van der Waals surface area contributed by atoms with E-state index in [4.69, 9.17) is 32.7 Å². The molecule has 0 radical (unpaired) electrons. The predicted molar refractivity (Wildman–Crippen MR) is 102 cm³/mol. The van der Waals surface area contributed by atoms with Crippen molar-refractivity contribution in [3.05, 3.63) is 58.6 Å². The number of nitrogens with zero attached hydrogens (tertiary/aromatic N) is 2. The van der Waals surface area contributed by atoms with Crippen LogP contribution in [-0.2, 0) is 4.79 Å². The lowest BCUT2D eigenvalue weighted by Crippen LogP contribution is -2.28. The van der Waals surface area contributed by atoms with Gasteiger partial charge in [0, 0.05) is 11.4 Å². The van der Waals surface area contributed by atoms with Gasteiger partial charge in [0.2, 0.25) is 0 Å². The number of methoxy groups -OCH3 is 2. The normalized spacial score (nSPS) is 16.4. The lowest BCUT2D eigenvalue weighted by atomic mass is 9.98. The van der Waals surface area contributed by atoms with Gasteiger partial charge in [0.15, 0.2) is 11.5 Å². The zero-order valence-electron chi connectivity index (χ0n) is 14.4. The second kappa shape index (κ2) is 7.98. The Kier molecular flexibility index (Phi) is 5.69. The highest BCUT2D eigenvalue weighted by Gasteiger charge is 2.33. The van der Waals surface area contributed by atoms with Crippen molar-refractivity contribution in [3.8, 4) is 11.5 Å². The summed E-state index contributed by atoms with van der Waals surface area (Å²) in [4.78, 5) is 12.3. The summed E-state index contributed by atoms with van der Waals surface area (Å²) >= 11 is 11.7. The highest BCUT2D eigenvalue weighted by atomic mass is 35.5. The molecule has 1 atom stereocenters. The lowest BCUT2D eigenvalue weighted by molar-refractivity contribution is -0.130. The molecule has 5 nitrogen and oxygen atoms in total. The van der Waals surface area contributed by atoms with E-state index < -0.39 is 0 Å². The summed E-state index contributed by atoms with van der Waals surface area (Å²) in [6.07, 6.45) is 0.569. The summed E-state index contributed by atoms with van der Waals surface area (Å²) in [6, 6.07) is 12.7. The number of carbonyl (C=O) groups is 1. The van der Waals surface area contributed by atoms with E-state index in [1.165, 1.54) is 5.01 Å². The highest BCUT2D eigenvalue weighted by molar-refractivity contribution is 6.30. The fraction of sp³-hybridized carbons (Fsp3) is 0.263. The number of hydrazone groups is 1. The van der Waals surface area contributed by atoms with Crippen LogP contribution in [0.2, 0.25) is 5.02 Å². The topological polar surface area (TPSA) is 51.1 Å². The molecule has 0 bridgehead atoms. The van der Waals surface area contributed by atoms with Gasteiger partial charge >= 0.3 is 0 Å². The van der Waals surface area contributed by atoms with Gasteiger partial charge < -0.3 is 9.47 Å². The Balaban J connectivity index is 1.96. The summed E-state index contributed by atoms with van der Waals surface area (Å²) in [7, 11) is 3.16. The minimum atomic E-state index is -0.258. The van der Waals surface area contributed by atoms with E-state index in [-0.39, 0.29) is 17.8 Å². The van der Waals surface area contributed by atoms with Crippen molar-refractivity contribution in [1.29, 1.82) is 0 Å². The third-order valence-electron chi connectivity index (χ3n) is 4.25. The molecule has 0 saturated heterocycles. The molecule has 1 aliphatic heterocycles. The monoisotopic (exact) mass is 392 g/mol. The largest absolute Gasteiger partial charge is 0.493 e. The quantitative estimate of drug-likeness (QED) is 0.713. The standard InChI is InChI=1S/C19H18Cl2N2O3/c1-25-17-8-5-13(9-18(17)26-2)16-10-15(22-23(16)19(24)11-20)12-3-6-14(21)7-4-12/h3-9,16H,10-11H2,1-2H3. The Hall–Kier alpha value is -2.24. The van der Waals surface area contributed by atoms with Gasteiger partial charge in [0.25, 0.3) is 5.91 Å². The van der Waals surface area contributed by atoms with Crippen molar-refractivity contribution in [2.45, 2.75) is 12.5 Å². The summed E-state index contributed by atoms with van der Waals surface area (Å²) < 4.78 is 10.7. The Bertz CT molecular complexity index is 837. The van der Waals surface area contributed by atoms with Gasteiger partial charge in [-0.25, -0.2) is 5.01 Å². The van der Waals surface area contributed by atoms with Gasteiger partial charge in [0.05, 0.1) is 26.0 Å². The molecule has 0 N–H and O–H groups in total. The number of alkyl halides is 1. The van der Waals surface area contributed by atoms with Gasteiger partial charge in [-0.2, -0.15) is 5.10 Å². The number of rotatable bonds is 5. The van der Waals surface area contributed by atoms with Crippen LogP contribution in [0.3, 0.4) is 0 Å². The van der Waals surface area contributed by atoms with Crippen molar-refractivity contribution in [2.75, 3.05) is 20.1 Å². The molecule has 1 heterocycles. The Morgan fingerprint density at radius 2 is 1.85 bits per heavy atom. The Morgan fingerprint density at radius 3 is 2.46 bits per heavy atom. The van der Waals surface area contributed by atoms with E-state index in [9.17, 15) is 4.79 Å². The van der Waals surface area contributed by atoms with Crippen LogP contribution in [0.1, 0.15) is 23.6 Å². The molecule has 1 amide bonds. The third-order valence-corrected chi connectivity index (χ3v) is 4.73. The molecule has 3 rings (SSSR count). The maximum atomic E-state index is 12.3. The summed E-state index contributed by atoms with van der Waals surface area (Å²) in [5.41, 5.74) is 2.62. The van der Waals surface area contributed by atoms with Gasteiger partial charge in [-0.3, -0.25) is 4.79 Å². The maximum Gasteiger partial charge on any atom is 0.258 e. The third kappa shape index (κ3) is 3.64. The molecule has 0 aliphatic carbocycles. The molecule has 136 valence electrons. The molecule has 2 aromatic rings. The number of amides is 1. The second-order valence-corrected chi connectivity index (χ2v) is 6.46. The van der Waals surface area contributed by atoms with Crippen LogP contribution in [0.15, 0.2) is 47.6 Å². The average Bonchev–Trinajstić information content (AvgIpc) is 3.12. The SMILES string of the molecule is COc1ccc(C2CC(c3ccc(Cl)cc3)=NN2C(=O)CCl)cc1OC. The van der Waals surface area contributed by atoms with Crippen molar-refractivity contribution >= 4 is 34.8 Å². The molecular weight excluding hydrogens is 375 g/mol. The molecule has 0 spiro atoms. The molecule has 0 aromatic heterocycles. The van der Waals surface area contributed by atoms with Gasteiger partial charge in [0.1, 0.15) is 5.88 Å². The van der Waals surface area contributed by atoms with Gasteiger partial charge in [-0.05, 0) is 35.4 Å². The van der Waals surface area contributed by atoms with Crippen LogP contribution >= 0.6 is 23.2 Å². The van der Waals surface area contributed by atoms with Crippen LogP contribution < -0.4 is 9.47 Å². The van der Waals surface area contributed by atoms with Crippen molar-refractivity contribution in [2.24, 2.45) is 5.10 Å². The first-order valence-electron chi connectivity index (χ1n) is 8.00. The van der Waals surface area contributed by atoms with E-state index in [0.29, 0.717) is 22.9 Å². The Labute approximate surface area is 162 Å². The zero-order chi connectivity index (χ0) is 18.7. The molecule has 0 fully saturated rings. The number of carbonyl (C=O) groups excluding carboxylic acids is 1. The minimum Gasteiger partial charge on any atom is -0.493 e. The predicted octanol–water partition coefficient (Wildman–Crippen LogP) is 4.27. The fourth-order valence-electron chi connectivity index (χ4n) is 2.94. The van der Waals surface area contributed by atoms with Gasteiger partial charge in [-0.15, -0.1) is 11.6 Å². The van der Waals surface area contributed by atoms with Gasteiger partial charge in [-0.1, -0.05) is 29.8 Å². The second-order valence-electron chi connectivity index (χ2n) is 5.76. The molecule has 26 heavy (non-hydrogen) atoms. The molecule has 2 aromatic carbocycles. The molecule has 7 heteroatoms. The highest BCUT2D eigenvalue weighted by Crippen LogP contribution is 2.37. The summed E-state index contributed by atoms with van der Waals surface area (Å²) in [5.74, 6) is 0.836. The smallest absolute Gasteiger partial charge is 0.258 e. The summed E-state index contributed by atoms with van der Waals surface area (Å²) in [5, 5.41) is 6.61. The van der Waals surface area contributed by atoms with E-state index in [0.717, 1.165) is 16.8 Å². The van der Waals surface area contributed by atoms with Crippen LogP contribution in [0.25, 0.3) is 0 Å². The van der Waals surface area contributed by atoms with E-state index >= 15 is 0 Å². The first kappa shape index (κ1) is 18.5.